The van der Waals surface area contributed by atoms with Gasteiger partial charge in [0.15, 0.2) is 5.96 Å². The van der Waals surface area contributed by atoms with Crippen LogP contribution in [0.25, 0.3) is 0 Å². The number of methoxy groups -OCH3 is 1. The van der Waals surface area contributed by atoms with Gasteiger partial charge >= 0.3 is 0 Å². The van der Waals surface area contributed by atoms with E-state index in [9.17, 15) is 0 Å². The second-order valence-electron chi connectivity index (χ2n) is 8.98. The molecule has 1 unspecified atom stereocenters. The van der Waals surface area contributed by atoms with Crippen molar-refractivity contribution < 1.29 is 14.2 Å². The van der Waals surface area contributed by atoms with E-state index in [4.69, 9.17) is 19.2 Å². The van der Waals surface area contributed by atoms with Crippen LogP contribution in [0.4, 0.5) is 0 Å². The third kappa shape index (κ3) is 9.70. The SMILES string of the molecule is CCNC(=NCC1CCN(CCOC)CC1)N1CCC(OCC2CCCCO2)CC1.I. The lowest BCUT2D eigenvalue weighted by Crippen LogP contribution is -2.47. The summed E-state index contributed by atoms with van der Waals surface area (Å²) in [6.07, 6.45) is 8.96. The molecule has 1 atom stereocenters. The average molecular weight is 553 g/mol. The molecule has 3 rings (SSSR count). The molecule has 0 aromatic carbocycles. The molecule has 0 aromatic rings. The number of likely N-dealkylation sites (tertiary alicyclic amines) is 2. The zero-order chi connectivity index (χ0) is 21.0. The van der Waals surface area contributed by atoms with Crippen LogP contribution in [0, 0.1) is 5.92 Å². The molecule has 1 N–H and O–H groups in total. The first-order valence-corrected chi connectivity index (χ1v) is 12.3. The van der Waals surface area contributed by atoms with Crippen molar-refractivity contribution in [3.8, 4) is 0 Å². The van der Waals surface area contributed by atoms with Crippen molar-refractivity contribution in [1.82, 2.24) is 15.1 Å². The van der Waals surface area contributed by atoms with E-state index in [-0.39, 0.29) is 24.0 Å². The molecule has 3 saturated heterocycles. The highest BCUT2D eigenvalue weighted by atomic mass is 127. The smallest absolute Gasteiger partial charge is 0.193 e. The van der Waals surface area contributed by atoms with Gasteiger partial charge in [-0.2, -0.15) is 0 Å². The molecule has 0 radical (unpaired) electrons. The Bertz CT molecular complexity index is 489. The maximum absolute atomic E-state index is 6.18. The van der Waals surface area contributed by atoms with Gasteiger partial charge in [0.1, 0.15) is 0 Å². The minimum atomic E-state index is 0. The van der Waals surface area contributed by atoms with Crippen LogP contribution in [-0.2, 0) is 14.2 Å². The van der Waals surface area contributed by atoms with E-state index in [1.165, 1.54) is 38.8 Å². The first-order chi connectivity index (χ1) is 14.8. The van der Waals surface area contributed by atoms with Gasteiger partial charge in [-0.1, -0.05) is 0 Å². The van der Waals surface area contributed by atoms with Gasteiger partial charge in [-0.15, -0.1) is 24.0 Å². The van der Waals surface area contributed by atoms with Gasteiger partial charge in [-0.25, -0.2) is 0 Å². The average Bonchev–Trinajstić information content (AvgIpc) is 2.81. The number of aliphatic imine (C=N–C) groups is 1. The predicted octanol–water partition coefficient (Wildman–Crippen LogP) is 2.98. The van der Waals surface area contributed by atoms with Crippen molar-refractivity contribution in [3.63, 3.8) is 0 Å². The highest BCUT2D eigenvalue weighted by Crippen LogP contribution is 2.20. The fraction of sp³-hybridized carbons (Fsp3) is 0.957. The number of guanidine groups is 1. The van der Waals surface area contributed by atoms with Crippen LogP contribution in [0.15, 0.2) is 4.99 Å². The summed E-state index contributed by atoms with van der Waals surface area (Å²) in [7, 11) is 1.78. The minimum absolute atomic E-state index is 0. The number of nitrogens with one attached hydrogen (secondary N) is 1. The third-order valence-corrected chi connectivity index (χ3v) is 6.69. The normalized spacial score (nSPS) is 24.8. The third-order valence-electron chi connectivity index (χ3n) is 6.69. The molecular formula is C23H45IN4O3. The van der Waals surface area contributed by atoms with Gasteiger partial charge in [-0.05, 0) is 70.9 Å². The van der Waals surface area contributed by atoms with E-state index in [0.29, 0.717) is 18.1 Å². The molecule has 31 heavy (non-hydrogen) atoms. The molecule has 3 aliphatic rings. The van der Waals surface area contributed by atoms with Crippen LogP contribution in [0.2, 0.25) is 0 Å². The Kier molecular flexibility index (Phi) is 13.7. The maximum atomic E-state index is 6.18. The van der Waals surface area contributed by atoms with Crippen LogP contribution in [-0.4, -0.2) is 101 Å². The molecule has 3 heterocycles. The van der Waals surface area contributed by atoms with E-state index in [1.807, 2.05) is 0 Å². The summed E-state index contributed by atoms with van der Waals surface area (Å²) in [5, 5.41) is 3.52. The van der Waals surface area contributed by atoms with Crippen LogP contribution in [0.1, 0.15) is 51.9 Å². The molecule has 7 nitrogen and oxygen atoms in total. The summed E-state index contributed by atoms with van der Waals surface area (Å²) >= 11 is 0. The van der Waals surface area contributed by atoms with Crippen molar-refractivity contribution in [1.29, 1.82) is 0 Å². The summed E-state index contributed by atoms with van der Waals surface area (Å²) in [4.78, 5) is 9.96. The summed E-state index contributed by atoms with van der Waals surface area (Å²) in [5.74, 6) is 1.79. The number of nitrogens with zero attached hydrogens (tertiary/aromatic N) is 3. The van der Waals surface area contributed by atoms with E-state index >= 15 is 0 Å². The van der Waals surface area contributed by atoms with Gasteiger partial charge in [0.25, 0.3) is 0 Å². The molecule has 0 aliphatic carbocycles. The topological polar surface area (TPSA) is 58.6 Å². The van der Waals surface area contributed by atoms with E-state index < -0.39 is 0 Å². The standard InChI is InChI=1S/C23H44N4O3.HI/c1-3-24-23(25-18-20-7-11-26(12-8-20)15-17-28-2)27-13-9-21(10-14-27)30-19-22-6-4-5-16-29-22;/h20-22H,3-19H2,1-2H3,(H,24,25);1H. The van der Waals surface area contributed by atoms with E-state index in [2.05, 4.69) is 22.0 Å². The zero-order valence-electron chi connectivity index (χ0n) is 19.7. The predicted molar refractivity (Wildman–Crippen MR) is 137 cm³/mol. The summed E-state index contributed by atoms with van der Waals surface area (Å²) < 4.78 is 17.2. The number of piperidine rings is 2. The van der Waals surface area contributed by atoms with Gasteiger partial charge in [0, 0.05) is 46.4 Å². The summed E-state index contributed by atoms with van der Waals surface area (Å²) in [5.41, 5.74) is 0. The monoisotopic (exact) mass is 552 g/mol. The van der Waals surface area contributed by atoms with Crippen molar-refractivity contribution >= 4 is 29.9 Å². The molecule has 0 bridgehead atoms. The lowest BCUT2D eigenvalue weighted by atomic mass is 9.97. The van der Waals surface area contributed by atoms with Gasteiger partial charge < -0.3 is 29.3 Å². The van der Waals surface area contributed by atoms with Crippen molar-refractivity contribution in [2.24, 2.45) is 10.9 Å². The maximum Gasteiger partial charge on any atom is 0.193 e. The Morgan fingerprint density at radius 2 is 1.84 bits per heavy atom. The minimum Gasteiger partial charge on any atom is -0.383 e. The number of rotatable bonds is 9. The summed E-state index contributed by atoms with van der Waals surface area (Å²) in [6.45, 7) is 12.0. The van der Waals surface area contributed by atoms with Gasteiger partial charge in [-0.3, -0.25) is 4.99 Å². The second-order valence-corrected chi connectivity index (χ2v) is 8.98. The van der Waals surface area contributed by atoms with Crippen molar-refractivity contribution in [3.05, 3.63) is 0 Å². The van der Waals surface area contributed by atoms with Crippen LogP contribution < -0.4 is 5.32 Å². The summed E-state index contributed by atoms with van der Waals surface area (Å²) in [6, 6.07) is 0. The molecule has 8 heteroatoms. The Morgan fingerprint density at radius 3 is 2.48 bits per heavy atom. The van der Waals surface area contributed by atoms with E-state index in [0.717, 1.165) is 77.8 Å². The molecule has 3 aliphatic heterocycles. The Morgan fingerprint density at radius 1 is 1.06 bits per heavy atom. The quantitative estimate of drug-likeness (QED) is 0.270. The molecule has 0 amide bonds. The molecule has 0 spiro atoms. The first-order valence-electron chi connectivity index (χ1n) is 12.3. The van der Waals surface area contributed by atoms with Crippen LogP contribution in [0.5, 0.6) is 0 Å². The lowest BCUT2D eigenvalue weighted by molar-refractivity contribution is -0.0721. The van der Waals surface area contributed by atoms with Crippen LogP contribution in [0.3, 0.4) is 0 Å². The Labute approximate surface area is 206 Å². The van der Waals surface area contributed by atoms with Gasteiger partial charge in [0.2, 0.25) is 0 Å². The highest BCUT2D eigenvalue weighted by molar-refractivity contribution is 14.0. The second kappa shape index (κ2) is 15.6. The molecule has 182 valence electrons. The Hall–Kier alpha value is -0.160. The molecular weight excluding hydrogens is 507 g/mol. The van der Waals surface area contributed by atoms with Crippen molar-refractivity contribution in [2.75, 3.05) is 72.7 Å². The highest BCUT2D eigenvalue weighted by Gasteiger charge is 2.24. The molecule has 0 saturated carbocycles. The first kappa shape index (κ1) is 27.1. The number of hydrogen-bond acceptors (Lipinski definition) is 5. The van der Waals surface area contributed by atoms with E-state index in [1.54, 1.807) is 7.11 Å². The zero-order valence-corrected chi connectivity index (χ0v) is 22.1. The van der Waals surface area contributed by atoms with Gasteiger partial charge in [0.05, 0.1) is 25.4 Å². The number of halogens is 1. The lowest BCUT2D eigenvalue weighted by Gasteiger charge is -2.35. The van der Waals surface area contributed by atoms with Crippen molar-refractivity contribution in [2.45, 2.75) is 64.1 Å². The molecule has 0 aromatic heterocycles. The number of ether oxygens (including phenoxy) is 3. The fourth-order valence-electron chi connectivity index (χ4n) is 4.67. The molecule has 3 fully saturated rings. The Balaban J connectivity index is 0.00000341. The fourth-order valence-corrected chi connectivity index (χ4v) is 4.67. The number of hydrogen-bond donors (Lipinski definition) is 1. The largest absolute Gasteiger partial charge is 0.383 e. The van der Waals surface area contributed by atoms with Crippen LogP contribution >= 0.6 is 24.0 Å².